The first-order valence-corrected chi connectivity index (χ1v) is 13.8. The first-order valence-electron chi connectivity index (χ1n) is 12.9. The van der Waals surface area contributed by atoms with E-state index in [1.165, 1.54) is 19.3 Å². The smallest absolute Gasteiger partial charge is 0.318 e. The van der Waals surface area contributed by atoms with Crippen molar-refractivity contribution in [1.82, 2.24) is 15.1 Å². The van der Waals surface area contributed by atoms with Crippen LogP contribution in [0.5, 0.6) is 0 Å². The molecule has 4 fully saturated rings. The average Bonchev–Trinajstić information content (AvgIpc) is 3.34. The Kier molecular flexibility index (Phi) is 7.44. The number of nitrogens with zero attached hydrogens (tertiary/aromatic N) is 2. The zero-order valence-electron chi connectivity index (χ0n) is 20.7. The second-order valence-corrected chi connectivity index (χ2v) is 11.9. The topological polar surface area (TPSA) is 61.9 Å². The Labute approximate surface area is 212 Å². The van der Waals surface area contributed by atoms with Crippen LogP contribution in [0, 0.1) is 17.8 Å². The van der Waals surface area contributed by atoms with E-state index in [0.29, 0.717) is 26.2 Å². The van der Waals surface area contributed by atoms with Crippen molar-refractivity contribution >= 4 is 23.3 Å². The summed E-state index contributed by atoms with van der Waals surface area (Å²) in [6.07, 6.45) is 7.27. The normalized spacial score (nSPS) is 26.5. The fourth-order valence-corrected chi connectivity index (χ4v) is 7.63. The molecule has 35 heavy (non-hydrogen) atoms. The van der Waals surface area contributed by atoms with E-state index in [-0.39, 0.29) is 24.0 Å². The molecule has 0 saturated heterocycles. The Morgan fingerprint density at radius 1 is 0.971 bits per heavy atom. The minimum Gasteiger partial charge on any atom is -0.383 e. The van der Waals surface area contributed by atoms with Crippen molar-refractivity contribution in [1.29, 1.82) is 0 Å². The molecule has 4 aliphatic carbocycles. The predicted octanol–water partition coefficient (Wildman–Crippen LogP) is 4.90. The Balaban J connectivity index is 1.28. The first kappa shape index (κ1) is 24.3. The first-order chi connectivity index (χ1) is 17.0. The van der Waals surface area contributed by atoms with E-state index in [1.807, 2.05) is 46.7 Å². The fourth-order valence-electron chi connectivity index (χ4n) is 6.91. The van der Waals surface area contributed by atoms with Gasteiger partial charge in [-0.05, 0) is 73.3 Å². The highest BCUT2D eigenvalue weighted by Gasteiger charge is 2.51. The molecule has 188 valence electrons. The monoisotopic (exact) mass is 495 g/mol. The van der Waals surface area contributed by atoms with Crippen molar-refractivity contribution in [2.75, 3.05) is 26.8 Å². The molecule has 0 radical (unpaired) electrons. The summed E-state index contributed by atoms with van der Waals surface area (Å²) < 4.78 is 5.29. The summed E-state index contributed by atoms with van der Waals surface area (Å²) in [4.78, 5) is 31.8. The third-order valence-corrected chi connectivity index (χ3v) is 8.95. The maximum atomic E-state index is 13.6. The van der Waals surface area contributed by atoms with Crippen molar-refractivity contribution in [3.05, 3.63) is 58.3 Å². The summed E-state index contributed by atoms with van der Waals surface area (Å²) in [5.74, 6) is 2.22. The third-order valence-electron chi connectivity index (χ3n) is 8.08. The Morgan fingerprint density at radius 3 is 2.26 bits per heavy atom. The molecule has 3 amide bonds. The molecule has 1 N–H and O–H groups in total. The summed E-state index contributed by atoms with van der Waals surface area (Å²) in [6, 6.07) is 14.0. The van der Waals surface area contributed by atoms with Crippen LogP contribution in [0.2, 0.25) is 0 Å². The lowest BCUT2D eigenvalue weighted by Gasteiger charge is -2.57. The largest absolute Gasteiger partial charge is 0.383 e. The van der Waals surface area contributed by atoms with Crippen molar-refractivity contribution in [3.63, 3.8) is 0 Å². The van der Waals surface area contributed by atoms with E-state index < -0.39 is 0 Å². The number of urea groups is 1. The number of methoxy groups -OCH3 is 1. The second-order valence-electron chi connectivity index (χ2n) is 10.9. The van der Waals surface area contributed by atoms with Crippen LogP contribution in [0.15, 0.2) is 47.8 Å². The highest BCUT2D eigenvalue weighted by Crippen LogP contribution is 2.55. The molecule has 0 unspecified atom stereocenters. The van der Waals surface area contributed by atoms with Crippen LogP contribution >= 0.6 is 11.3 Å². The van der Waals surface area contributed by atoms with Crippen LogP contribution in [-0.4, -0.2) is 54.1 Å². The molecule has 0 spiro atoms. The molecule has 0 atom stereocenters. The summed E-state index contributed by atoms with van der Waals surface area (Å²) in [7, 11) is 1.63. The number of ether oxygens (including phenoxy) is 1. The van der Waals surface area contributed by atoms with Crippen LogP contribution in [0.1, 0.15) is 49.0 Å². The minimum atomic E-state index is -0.117. The summed E-state index contributed by atoms with van der Waals surface area (Å²) in [6.45, 7) is 1.93. The zero-order valence-corrected chi connectivity index (χ0v) is 21.5. The van der Waals surface area contributed by atoms with Gasteiger partial charge in [-0.1, -0.05) is 36.4 Å². The molecule has 6 nitrogen and oxygen atoms in total. The SMILES string of the molecule is COCCN(CC(=O)N(Cc1ccccc1)Cc1cccs1)C(=O)NC12CC3CC(CC(C3)C1)C2. The number of hydrogen-bond donors (Lipinski definition) is 1. The highest BCUT2D eigenvalue weighted by atomic mass is 32.1. The van der Waals surface area contributed by atoms with E-state index in [2.05, 4.69) is 11.4 Å². The van der Waals surface area contributed by atoms with E-state index in [0.717, 1.165) is 47.5 Å². The molecule has 1 aromatic carbocycles. The lowest BCUT2D eigenvalue weighted by molar-refractivity contribution is -0.133. The van der Waals surface area contributed by atoms with Crippen molar-refractivity contribution < 1.29 is 14.3 Å². The highest BCUT2D eigenvalue weighted by molar-refractivity contribution is 7.09. The maximum absolute atomic E-state index is 13.6. The summed E-state index contributed by atoms with van der Waals surface area (Å²) in [5, 5.41) is 5.47. The standard InChI is InChI=1S/C28H37N3O3S/c1-34-10-9-30(27(33)29-28-15-22-12-23(16-28)14-24(13-22)17-28)20-26(32)31(19-25-8-5-11-35-25)18-21-6-3-2-4-7-21/h2-8,11,22-24H,9-10,12-20H2,1H3,(H,29,33). The molecule has 6 rings (SSSR count). The van der Waals surface area contributed by atoms with Gasteiger partial charge in [-0.2, -0.15) is 0 Å². The molecule has 1 heterocycles. The lowest BCUT2D eigenvalue weighted by atomic mass is 9.53. The second kappa shape index (κ2) is 10.7. The van der Waals surface area contributed by atoms with E-state index in [1.54, 1.807) is 23.3 Å². The molecule has 1 aromatic heterocycles. The molecular weight excluding hydrogens is 458 g/mol. The Bertz CT molecular complexity index is 959. The van der Waals surface area contributed by atoms with Gasteiger partial charge >= 0.3 is 6.03 Å². The number of carbonyl (C=O) groups is 2. The van der Waals surface area contributed by atoms with Gasteiger partial charge in [0.05, 0.1) is 13.2 Å². The van der Waals surface area contributed by atoms with Gasteiger partial charge in [-0.15, -0.1) is 11.3 Å². The zero-order chi connectivity index (χ0) is 24.3. The molecule has 2 aromatic rings. The molecule has 7 heteroatoms. The van der Waals surface area contributed by atoms with E-state index >= 15 is 0 Å². The summed E-state index contributed by atoms with van der Waals surface area (Å²) >= 11 is 1.65. The van der Waals surface area contributed by atoms with E-state index in [9.17, 15) is 9.59 Å². The average molecular weight is 496 g/mol. The van der Waals surface area contributed by atoms with Crippen LogP contribution in [0.3, 0.4) is 0 Å². The van der Waals surface area contributed by atoms with Crippen LogP contribution in [0.4, 0.5) is 4.79 Å². The van der Waals surface area contributed by atoms with Gasteiger partial charge in [0.25, 0.3) is 0 Å². The van der Waals surface area contributed by atoms with Gasteiger partial charge in [0.1, 0.15) is 6.54 Å². The van der Waals surface area contributed by atoms with Gasteiger partial charge in [0.15, 0.2) is 0 Å². The van der Waals surface area contributed by atoms with Crippen LogP contribution in [-0.2, 0) is 22.6 Å². The van der Waals surface area contributed by atoms with Gasteiger partial charge in [-0.3, -0.25) is 4.79 Å². The van der Waals surface area contributed by atoms with Crippen LogP contribution < -0.4 is 5.32 Å². The number of thiophene rings is 1. The number of rotatable bonds is 10. The molecule has 4 saturated carbocycles. The van der Waals surface area contributed by atoms with Gasteiger partial charge in [0, 0.05) is 30.6 Å². The summed E-state index contributed by atoms with van der Waals surface area (Å²) in [5.41, 5.74) is 1.000. The quantitative estimate of drug-likeness (QED) is 0.510. The molecular formula is C28H37N3O3S. The van der Waals surface area contributed by atoms with Gasteiger partial charge < -0.3 is 19.9 Å². The number of nitrogens with one attached hydrogen (secondary N) is 1. The van der Waals surface area contributed by atoms with Crippen molar-refractivity contribution in [2.45, 2.75) is 57.2 Å². The third kappa shape index (κ3) is 5.89. The van der Waals surface area contributed by atoms with Gasteiger partial charge in [0.2, 0.25) is 5.91 Å². The lowest BCUT2D eigenvalue weighted by Crippen LogP contribution is -2.62. The Morgan fingerprint density at radius 2 is 1.66 bits per heavy atom. The number of hydrogen-bond acceptors (Lipinski definition) is 4. The fraction of sp³-hybridized carbons (Fsp3) is 0.571. The Hall–Kier alpha value is -2.38. The predicted molar refractivity (Wildman–Crippen MR) is 138 cm³/mol. The molecule has 4 bridgehead atoms. The van der Waals surface area contributed by atoms with Crippen molar-refractivity contribution in [3.8, 4) is 0 Å². The number of amides is 3. The number of carbonyl (C=O) groups excluding carboxylic acids is 2. The van der Waals surface area contributed by atoms with E-state index in [4.69, 9.17) is 4.74 Å². The van der Waals surface area contributed by atoms with Crippen LogP contribution in [0.25, 0.3) is 0 Å². The number of benzene rings is 1. The van der Waals surface area contributed by atoms with Gasteiger partial charge in [-0.25, -0.2) is 4.79 Å². The maximum Gasteiger partial charge on any atom is 0.318 e. The van der Waals surface area contributed by atoms with Crippen molar-refractivity contribution in [2.24, 2.45) is 17.8 Å². The molecule has 0 aliphatic heterocycles. The minimum absolute atomic E-state index is 0.0426. The molecule has 4 aliphatic rings.